The van der Waals surface area contributed by atoms with Crippen LogP contribution in [0.5, 0.6) is 5.75 Å². The van der Waals surface area contributed by atoms with Crippen LogP contribution in [-0.2, 0) is 4.79 Å². The van der Waals surface area contributed by atoms with Gasteiger partial charge < -0.3 is 20.3 Å². The minimum atomic E-state index is -0.241. The number of rotatable bonds is 4. The number of ether oxygens (including phenoxy) is 1. The van der Waals surface area contributed by atoms with Crippen molar-refractivity contribution in [1.82, 2.24) is 10.2 Å². The zero-order valence-corrected chi connectivity index (χ0v) is 11.9. The molecule has 0 saturated carbocycles. The van der Waals surface area contributed by atoms with Crippen molar-refractivity contribution >= 4 is 11.6 Å². The van der Waals surface area contributed by atoms with Crippen molar-refractivity contribution in [1.29, 1.82) is 5.26 Å². The molecule has 110 valence electrons. The first-order chi connectivity index (χ1) is 10.2. The quantitative estimate of drug-likeness (QED) is 0.636. The molecule has 1 aromatic carbocycles. The molecular formula is C15H18N4O2. The summed E-state index contributed by atoms with van der Waals surface area (Å²) in [4.78, 5) is 13.9. The van der Waals surface area contributed by atoms with E-state index < -0.39 is 0 Å². The maximum absolute atomic E-state index is 12.2. The fourth-order valence-corrected chi connectivity index (χ4v) is 2.05. The zero-order valence-electron chi connectivity index (χ0n) is 11.9. The number of anilines is 1. The van der Waals surface area contributed by atoms with Gasteiger partial charge in [0.15, 0.2) is 0 Å². The number of hydrogen-bond acceptors (Lipinski definition) is 5. The first kappa shape index (κ1) is 14.9. The Labute approximate surface area is 124 Å². The van der Waals surface area contributed by atoms with Crippen LogP contribution in [0.4, 0.5) is 5.69 Å². The molecule has 0 unspecified atom stereocenters. The number of hydrogen-bond donors (Lipinski definition) is 2. The topological polar surface area (TPSA) is 77.4 Å². The summed E-state index contributed by atoms with van der Waals surface area (Å²) in [5, 5.41) is 15.3. The lowest BCUT2D eigenvalue weighted by Gasteiger charge is -2.27. The van der Waals surface area contributed by atoms with Gasteiger partial charge in [0, 0.05) is 44.1 Å². The highest BCUT2D eigenvalue weighted by molar-refractivity contribution is 5.97. The highest BCUT2D eigenvalue weighted by atomic mass is 16.5. The molecule has 0 bridgehead atoms. The van der Waals surface area contributed by atoms with Gasteiger partial charge in [-0.25, -0.2) is 0 Å². The van der Waals surface area contributed by atoms with E-state index in [9.17, 15) is 4.79 Å². The van der Waals surface area contributed by atoms with E-state index in [4.69, 9.17) is 10.00 Å². The van der Waals surface area contributed by atoms with E-state index in [0.29, 0.717) is 18.8 Å². The van der Waals surface area contributed by atoms with Gasteiger partial charge in [-0.05, 0) is 12.1 Å². The van der Waals surface area contributed by atoms with E-state index in [2.05, 4.69) is 10.6 Å². The summed E-state index contributed by atoms with van der Waals surface area (Å²) in [7, 11) is 1.59. The Morgan fingerprint density at radius 3 is 2.90 bits per heavy atom. The summed E-state index contributed by atoms with van der Waals surface area (Å²) >= 11 is 0. The average Bonchev–Trinajstić information content (AvgIpc) is 2.56. The van der Waals surface area contributed by atoms with Crippen LogP contribution in [0.1, 0.15) is 0 Å². The molecule has 0 atom stereocenters. The van der Waals surface area contributed by atoms with Gasteiger partial charge in [-0.1, -0.05) is 6.07 Å². The molecule has 6 heteroatoms. The van der Waals surface area contributed by atoms with E-state index in [-0.39, 0.29) is 11.5 Å². The zero-order chi connectivity index (χ0) is 15.1. The van der Waals surface area contributed by atoms with Crippen LogP contribution >= 0.6 is 0 Å². The molecule has 2 rings (SSSR count). The van der Waals surface area contributed by atoms with Crippen LogP contribution in [0, 0.1) is 11.3 Å². The molecule has 1 saturated heterocycles. The van der Waals surface area contributed by atoms with Crippen molar-refractivity contribution in [2.45, 2.75) is 0 Å². The Hall–Kier alpha value is -2.52. The van der Waals surface area contributed by atoms with Gasteiger partial charge in [0.1, 0.15) is 17.4 Å². The Kier molecular flexibility index (Phi) is 5.18. The van der Waals surface area contributed by atoms with Crippen LogP contribution in [0.25, 0.3) is 0 Å². The summed E-state index contributed by atoms with van der Waals surface area (Å²) in [5.41, 5.74) is 0.856. The molecule has 2 N–H and O–H groups in total. The standard InChI is InChI=1S/C15H18N4O2/c1-21-14-4-2-3-13(9-14)18-11-12(10-16)15(20)19-7-5-17-6-8-19/h2-4,9,11,17-18H,5-8H2,1H3/b12-11-. The lowest BCUT2D eigenvalue weighted by molar-refractivity contribution is -0.127. The highest BCUT2D eigenvalue weighted by Gasteiger charge is 2.19. The van der Waals surface area contributed by atoms with E-state index in [0.717, 1.165) is 18.8 Å². The summed E-state index contributed by atoms with van der Waals surface area (Å²) < 4.78 is 5.12. The highest BCUT2D eigenvalue weighted by Crippen LogP contribution is 2.17. The number of carbonyl (C=O) groups is 1. The lowest BCUT2D eigenvalue weighted by atomic mass is 10.2. The SMILES string of the molecule is COc1cccc(N/C=C(/C#N)C(=O)N2CCNCC2)c1. The number of nitrogens with zero attached hydrogens (tertiary/aromatic N) is 2. The van der Waals surface area contributed by atoms with Crippen LogP contribution in [-0.4, -0.2) is 44.1 Å². The molecule has 0 aromatic heterocycles. The van der Waals surface area contributed by atoms with Crippen molar-refractivity contribution in [3.63, 3.8) is 0 Å². The lowest BCUT2D eigenvalue weighted by Crippen LogP contribution is -2.46. The predicted molar refractivity (Wildman–Crippen MR) is 79.8 cm³/mol. The third-order valence-electron chi connectivity index (χ3n) is 3.21. The van der Waals surface area contributed by atoms with Gasteiger partial charge in [0.25, 0.3) is 5.91 Å². The first-order valence-electron chi connectivity index (χ1n) is 6.75. The number of carbonyl (C=O) groups excluding carboxylic acids is 1. The largest absolute Gasteiger partial charge is 0.497 e. The molecule has 0 radical (unpaired) electrons. The van der Waals surface area contributed by atoms with Crippen molar-refractivity contribution in [3.05, 3.63) is 36.0 Å². The molecule has 0 aliphatic carbocycles. The Bertz CT molecular complexity index is 571. The van der Waals surface area contributed by atoms with E-state index in [1.165, 1.54) is 6.20 Å². The van der Waals surface area contributed by atoms with E-state index in [1.54, 1.807) is 18.1 Å². The summed E-state index contributed by atoms with van der Waals surface area (Å²) in [6, 6.07) is 9.24. The second kappa shape index (κ2) is 7.31. The molecule has 1 aliphatic rings. The number of benzene rings is 1. The summed E-state index contributed by atoms with van der Waals surface area (Å²) in [6.07, 6.45) is 1.44. The molecular weight excluding hydrogens is 268 g/mol. The smallest absolute Gasteiger partial charge is 0.266 e. The van der Waals surface area contributed by atoms with Crippen LogP contribution < -0.4 is 15.4 Å². The maximum atomic E-state index is 12.2. The van der Waals surface area contributed by atoms with Crippen LogP contribution in [0.15, 0.2) is 36.0 Å². The maximum Gasteiger partial charge on any atom is 0.266 e. The molecule has 21 heavy (non-hydrogen) atoms. The van der Waals surface area contributed by atoms with E-state index in [1.807, 2.05) is 24.3 Å². The minimum absolute atomic E-state index is 0.0970. The number of methoxy groups -OCH3 is 1. The number of amides is 1. The monoisotopic (exact) mass is 286 g/mol. The average molecular weight is 286 g/mol. The third-order valence-corrected chi connectivity index (χ3v) is 3.21. The third kappa shape index (κ3) is 3.97. The molecule has 1 aromatic rings. The van der Waals surface area contributed by atoms with Crippen molar-refractivity contribution < 1.29 is 9.53 Å². The number of nitrogens with one attached hydrogen (secondary N) is 2. The summed E-state index contributed by atoms with van der Waals surface area (Å²) in [5.74, 6) is 0.467. The van der Waals surface area contributed by atoms with Gasteiger partial charge in [0.05, 0.1) is 7.11 Å². The minimum Gasteiger partial charge on any atom is -0.497 e. The van der Waals surface area contributed by atoms with Crippen molar-refractivity contribution in [2.24, 2.45) is 0 Å². The first-order valence-corrected chi connectivity index (χ1v) is 6.75. The van der Waals surface area contributed by atoms with Crippen LogP contribution in [0.3, 0.4) is 0 Å². The molecule has 1 heterocycles. The van der Waals surface area contributed by atoms with Crippen LogP contribution in [0.2, 0.25) is 0 Å². The molecule has 1 aliphatic heterocycles. The van der Waals surface area contributed by atoms with Crippen molar-refractivity contribution in [3.8, 4) is 11.8 Å². The Balaban J connectivity index is 2.05. The normalized spacial score (nSPS) is 15.2. The van der Waals surface area contributed by atoms with Gasteiger partial charge in [0.2, 0.25) is 0 Å². The molecule has 1 fully saturated rings. The van der Waals surface area contributed by atoms with Gasteiger partial charge in [-0.3, -0.25) is 4.79 Å². The van der Waals surface area contributed by atoms with Gasteiger partial charge in [-0.2, -0.15) is 5.26 Å². The Morgan fingerprint density at radius 1 is 1.48 bits per heavy atom. The fourth-order valence-electron chi connectivity index (χ4n) is 2.05. The number of piperazine rings is 1. The molecule has 0 spiro atoms. The Morgan fingerprint density at radius 2 is 2.24 bits per heavy atom. The van der Waals surface area contributed by atoms with Crippen molar-refractivity contribution in [2.75, 3.05) is 38.6 Å². The second-order valence-electron chi connectivity index (χ2n) is 4.59. The van der Waals surface area contributed by atoms with Gasteiger partial charge in [-0.15, -0.1) is 0 Å². The number of nitriles is 1. The second-order valence-corrected chi connectivity index (χ2v) is 4.59. The summed E-state index contributed by atoms with van der Waals surface area (Å²) in [6.45, 7) is 2.76. The van der Waals surface area contributed by atoms with E-state index >= 15 is 0 Å². The van der Waals surface area contributed by atoms with Gasteiger partial charge >= 0.3 is 0 Å². The fraction of sp³-hybridized carbons (Fsp3) is 0.333. The predicted octanol–water partition coefficient (Wildman–Crippen LogP) is 0.946. The molecule has 1 amide bonds. The molecule has 6 nitrogen and oxygen atoms in total.